The molecule has 1 heterocycles. The fourth-order valence-corrected chi connectivity index (χ4v) is 1.80. The lowest BCUT2D eigenvalue weighted by Crippen LogP contribution is -2.01. The maximum atomic E-state index is 10.6. The predicted octanol–water partition coefficient (Wildman–Crippen LogP) is 3.08. The molecule has 0 aliphatic carbocycles. The van der Waals surface area contributed by atoms with Gasteiger partial charge in [-0.2, -0.15) is 0 Å². The highest BCUT2D eigenvalue weighted by Gasteiger charge is 2.12. The molecule has 7 heteroatoms. The number of benzene rings is 1. The van der Waals surface area contributed by atoms with E-state index < -0.39 is 4.92 Å². The van der Waals surface area contributed by atoms with E-state index in [2.05, 4.69) is 26.2 Å². The van der Waals surface area contributed by atoms with Gasteiger partial charge in [0.2, 0.25) is 5.82 Å². The molecular weight excluding hydrogens is 300 g/mol. The van der Waals surface area contributed by atoms with Gasteiger partial charge in [-0.3, -0.25) is 10.1 Å². The van der Waals surface area contributed by atoms with Crippen molar-refractivity contribution in [3.05, 3.63) is 51.0 Å². The van der Waals surface area contributed by atoms with E-state index in [1.807, 2.05) is 24.3 Å². The zero-order valence-electron chi connectivity index (χ0n) is 9.13. The van der Waals surface area contributed by atoms with Crippen molar-refractivity contribution < 1.29 is 4.92 Å². The molecule has 18 heavy (non-hydrogen) atoms. The van der Waals surface area contributed by atoms with Crippen LogP contribution in [0.25, 0.3) is 0 Å². The molecular formula is C11H9BrN4O2. The molecule has 0 atom stereocenters. The third kappa shape index (κ3) is 2.75. The zero-order valence-corrected chi connectivity index (χ0v) is 10.7. The van der Waals surface area contributed by atoms with Crippen LogP contribution in [0.5, 0.6) is 0 Å². The van der Waals surface area contributed by atoms with Crippen LogP contribution in [0.3, 0.4) is 0 Å². The van der Waals surface area contributed by atoms with Crippen molar-refractivity contribution in [2.24, 2.45) is 0 Å². The maximum Gasteiger partial charge on any atom is 0.311 e. The van der Waals surface area contributed by atoms with Crippen LogP contribution in [-0.2, 0) is 0 Å². The van der Waals surface area contributed by atoms with E-state index in [1.165, 1.54) is 12.1 Å². The van der Waals surface area contributed by atoms with Crippen molar-refractivity contribution in [2.45, 2.75) is 0 Å². The van der Waals surface area contributed by atoms with Crippen molar-refractivity contribution in [1.29, 1.82) is 0 Å². The number of pyridine rings is 1. The number of nitrogens with zero attached hydrogens (tertiary/aromatic N) is 2. The van der Waals surface area contributed by atoms with Crippen molar-refractivity contribution in [2.75, 3.05) is 11.1 Å². The molecule has 2 aromatic rings. The van der Waals surface area contributed by atoms with Crippen LogP contribution < -0.4 is 11.1 Å². The molecule has 92 valence electrons. The topological polar surface area (TPSA) is 94.1 Å². The van der Waals surface area contributed by atoms with Gasteiger partial charge >= 0.3 is 5.69 Å². The number of nitro groups is 1. The van der Waals surface area contributed by atoms with Crippen LogP contribution >= 0.6 is 15.9 Å². The molecule has 1 aromatic heterocycles. The highest BCUT2D eigenvalue weighted by atomic mass is 79.9. The molecule has 0 aliphatic rings. The van der Waals surface area contributed by atoms with Gasteiger partial charge in [0.15, 0.2) is 0 Å². The van der Waals surface area contributed by atoms with Gasteiger partial charge in [0.1, 0.15) is 5.82 Å². The average molecular weight is 309 g/mol. The Morgan fingerprint density at radius 3 is 2.72 bits per heavy atom. The van der Waals surface area contributed by atoms with Crippen LogP contribution in [0, 0.1) is 10.1 Å². The van der Waals surface area contributed by atoms with Crippen molar-refractivity contribution in [3.8, 4) is 0 Å². The average Bonchev–Trinajstić information content (AvgIpc) is 2.28. The van der Waals surface area contributed by atoms with Crippen LogP contribution in [0.15, 0.2) is 40.9 Å². The molecule has 1 aromatic carbocycles. The molecule has 0 spiro atoms. The Labute approximate surface area is 111 Å². The lowest BCUT2D eigenvalue weighted by atomic mass is 10.3. The molecule has 0 unspecified atom stereocenters. The summed E-state index contributed by atoms with van der Waals surface area (Å²) in [7, 11) is 0. The molecule has 6 nitrogen and oxygen atoms in total. The monoisotopic (exact) mass is 308 g/mol. The molecule has 0 fully saturated rings. The number of hydrogen-bond acceptors (Lipinski definition) is 5. The number of rotatable bonds is 3. The van der Waals surface area contributed by atoms with E-state index in [1.54, 1.807) is 0 Å². The Hall–Kier alpha value is -2.15. The van der Waals surface area contributed by atoms with E-state index >= 15 is 0 Å². The normalized spacial score (nSPS) is 10.1. The fraction of sp³-hybridized carbons (Fsp3) is 0. The minimum atomic E-state index is -0.564. The van der Waals surface area contributed by atoms with E-state index in [-0.39, 0.29) is 11.5 Å². The summed E-state index contributed by atoms with van der Waals surface area (Å²) in [6.45, 7) is 0. The van der Waals surface area contributed by atoms with Gasteiger partial charge in [-0.1, -0.05) is 22.0 Å². The first-order chi connectivity index (χ1) is 8.56. The molecule has 0 saturated heterocycles. The zero-order chi connectivity index (χ0) is 13.1. The van der Waals surface area contributed by atoms with Gasteiger partial charge in [-0.25, -0.2) is 4.98 Å². The largest absolute Gasteiger partial charge is 0.378 e. The molecule has 0 aliphatic heterocycles. The summed E-state index contributed by atoms with van der Waals surface area (Å²) in [6.07, 6.45) is 0. The second-order valence-corrected chi connectivity index (χ2v) is 4.41. The number of nitrogens with one attached hydrogen (secondary N) is 1. The summed E-state index contributed by atoms with van der Waals surface area (Å²) < 4.78 is 0.919. The lowest BCUT2D eigenvalue weighted by molar-refractivity contribution is -0.384. The minimum absolute atomic E-state index is 0.111. The van der Waals surface area contributed by atoms with Crippen molar-refractivity contribution in [1.82, 2.24) is 4.98 Å². The Balaban J connectivity index is 2.25. The summed E-state index contributed by atoms with van der Waals surface area (Å²) in [5.41, 5.74) is 6.11. The third-order valence-electron chi connectivity index (χ3n) is 2.20. The fourth-order valence-electron chi connectivity index (χ4n) is 1.41. The highest BCUT2D eigenvalue weighted by molar-refractivity contribution is 9.10. The SMILES string of the molecule is Nc1nc(Nc2cccc(Br)c2)ccc1[N+](=O)[O-]. The minimum Gasteiger partial charge on any atom is -0.378 e. The van der Waals surface area contributed by atoms with Gasteiger partial charge in [0, 0.05) is 16.2 Å². The molecule has 0 bridgehead atoms. The first-order valence-electron chi connectivity index (χ1n) is 5.00. The van der Waals surface area contributed by atoms with Gasteiger partial charge in [0.25, 0.3) is 0 Å². The highest BCUT2D eigenvalue weighted by Crippen LogP contribution is 2.24. The van der Waals surface area contributed by atoms with Crippen molar-refractivity contribution in [3.63, 3.8) is 0 Å². The van der Waals surface area contributed by atoms with Crippen LogP contribution in [0.2, 0.25) is 0 Å². The Morgan fingerprint density at radius 2 is 2.11 bits per heavy atom. The van der Waals surface area contributed by atoms with Gasteiger partial charge in [-0.05, 0) is 24.3 Å². The Kier molecular flexibility index (Phi) is 3.42. The number of halogens is 1. The van der Waals surface area contributed by atoms with Crippen LogP contribution in [0.1, 0.15) is 0 Å². The number of hydrogen-bond donors (Lipinski definition) is 2. The van der Waals surface area contributed by atoms with Crippen LogP contribution in [0.4, 0.5) is 23.0 Å². The van der Waals surface area contributed by atoms with Gasteiger partial charge in [0.05, 0.1) is 4.92 Å². The summed E-state index contributed by atoms with van der Waals surface area (Å²) in [5.74, 6) is 0.344. The van der Waals surface area contributed by atoms with E-state index in [0.29, 0.717) is 5.82 Å². The summed E-state index contributed by atoms with van der Waals surface area (Å²) >= 11 is 3.35. The van der Waals surface area contributed by atoms with Gasteiger partial charge < -0.3 is 11.1 Å². The second kappa shape index (κ2) is 5.01. The number of anilines is 3. The quantitative estimate of drug-likeness (QED) is 0.671. The van der Waals surface area contributed by atoms with Gasteiger partial charge in [-0.15, -0.1) is 0 Å². The smallest absolute Gasteiger partial charge is 0.311 e. The second-order valence-electron chi connectivity index (χ2n) is 3.49. The van der Waals surface area contributed by atoms with E-state index in [0.717, 1.165) is 10.2 Å². The van der Waals surface area contributed by atoms with Crippen LogP contribution in [-0.4, -0.2) is 9.91 Å². The third-order valence-corrected chi connectivity index (χ3v) is 2.69. The first kappa shape index (κ1) is 12.3. The lowest BCUT2D eigenvalue weighted by Gasteiger charge is -2.06. The molecule has 0 radical (unpaired) electrons. The predicted molar refractivity (Wildman–Crippen MR) is 72.7 cm³/mol. The number of nitrogens with two attached hydrogens (primary N) is 1. The summed E-state index contributed by atoms with van der Waals surface area (Å²) in [6, 6.07) is 10.3. The molecule has 2 rings (SSSR count). The molecule has 0 saturated carbocycles. The summed E-state index contributed by atoms with van der Waals surface area (Å²) in [4.78, 5) is 14.0. The van der Waals surface area contributed by atoms with E-state index in [4.69, 9.17) is 5.73 Å². The summed E-state index contributed by atoms with van der Waals surface area (Å²) in [5, 5.41) is 13.6. The van der Waals surface area contributed by atoms with Crippen molar-refractivity contribution >= 4 is 38.9 Å². The number of aromatic nitrogens is 1. The first-order valence-corrected chi connectivity index (χ1v) is 5.79. The Bertz CT molecular complexity index is 603. The maximum absolute atomic E-state index is 10.6. The number of nitrogen functional groups attached to an aromatic ring is 1. The molecule has 0 amide bonds. The Morgan fingerprint density at radius 1 is 1.33 bits per heavy atom. The molecule has 3 N–H and O–H groups in total. The van der Waals surface area contributed by atoms with E-state index in [9.17, 15) is 10.1 Å². The standard InChI is InChI=1S/C11H9BrN4O2/c12-7-2-1-3-8(6-7)14-10-5-4-9(16(17)18)11(13)15-10/h1-6H,(H3,13,14,15).